The molecule has 0 bridgehead atoms. The fourth-order valence-corrected chi connectivity index (χ4v) is 2.55. The van der Waals surface area contributed by atoms with Gasteiger partial charge in [-0.05, 0) is 42.7 Å². The maximum Gasteiger partial charge on any atom is 0.240 e. The SMILES string of the molecule is COc1ccc(NC(=O)C2(C(=O)NCc3ccccc3)CC2)cc1. The smallest absolute Gasteiger partial charge is 0.240 e. The van der Waals surface area contributed by atoms with Gasteiger partial charge in [0.15, 0.2) is 0 Å². The van der Waals surface area contributed by atoms with E-state index in [0.29, 0.717) is 25.1 Å². The summed E-state index contributed by atoms with van der Waals surface area (Å²) in [4.78, 5) is 24.9. The molecular formula is C19H20N2O3. The number of nitrogens with one attached hydrogen (secondary N) is 2. The van der Waals surface area contributed by atoms with Crippen molar-refractivity contribution in [2.45, 2.75) is 19.4 Å². The van der Waals surface area contributed by atoms with E-state index in [-0.39, 0.29) is 11.8 Å². The first-order valence-corrected chi connectivity index (χ1v) is 7.92. The van der Waals surface area contributed by atoms with Crippen LogP contribution in [0.1, 0.15) is 18.4 Å². The predicted molar refractivity (Wildman–Crippen MR) is 91.6 cm³/mol. The van der Waals surface area contributed by atoms with Crippen molar-refractivity contribution in [3.8, 4) is 5.75 Å². The molecule has 1 fully saturated rings. The van der Waals surface area contributed by atoms with Crippen LogP contribution in [0.2, 0.25) is 0 Å². The predicted octanol–water partition coefficient (Wildman–Crippen LogP) is 2.73. The van der Waals surface area contributed by atoms with E-state index in [1.54, 1.807) is 31.4 Å². The zero-order chi connectivity index (χ0) is 17.0. The van der Waals surface area contributed by atoms with Crippen molar-refractivity contribution in [3.05, 3.63) is 60.2 Å². The van der Waals surface area contributed by atoms with E-state index in [2.05, 4.69) is 10.6 Å². The van der Waals surface area contributed by atoms with Crippen LogP contribution in [0.15, 0.2) is 54.6 Å². The molecule has 3 rings (SSSR count). The molecule has 1 aliphatic rings. The largest absolute Gasteiger partial charge is 0.497 e. The van der Waals surface area contributed by atoms with E-state index in [1.807, 2.05) is 30.3 Å². The molecule has 2 aromatic carbocycles. The number of carbonyl (C=O) groups excluding carboxylic acids is 2. The van der Waals surface area contributed by atoms with Gasteiger partial charge >= 0.3 is 0 Å². The van der Waals surface area contributed by atoms with Crippen molar-refractivity contribution in [1.29, 1.82) is 0 Å². The third-order valence-corrected chi connectivity index (χ3v) is 4.26. The second-order valence-corrected chi connectivity index (χ2v) is 5.93. The lowest BCUT2D eigenvalue weighted by atomic mass is 10.0. The maximum absolute atomic E-state index is 12.5. The topological polar surface area (TPSA) is 67.4 Å². The summed E-state index contributed by atoms with van der Waals surface area (Å²) in [5, 5.41) is 5.69. The molecule has 24 heavy (non-hydrogen) atoms. The Morgan fingerprint density at radius 2 is 1.67 bits per heavy atom. The lowest BCUT2D eigenvalue weighted by molar-refractivity contribution is -0.134. The molecule has 2 aromatic rings. The van der Waals surface area contributed by atoms with Crippen LogP contribution >= 0.6 is 0 Å². The number of benzene rings is 2. The monoisotopic (exact) mass is 324 g/mol. The zero-order valence-corrected chi connectivity index (χ0v) is 13.5. The molecule has 1 aliphatic carbocycles. The molecule has 0 radical (unpaired) electrons. The molecule has 2 amide bonds. The van der Waals surface area contributed by atoms with Gasteiger partial charge in [-0.2, -0.15) is 0 Å². The highest BCUT2D eigenvalue weighted by molar-refractivity contribution is 6.13. The Kier molecular flexibility index (Phi) is 4.51. The van der Waals surface area contributed by atoms with Crippen LogP contribution in [0, 0.1) is 5.41 Å². The minimum atomic E-state index is -0.936. The number of ether oxygens (including phenoxy) is 1. The first kappa shape index (κ1) is 16.1. The number of amides is 2. The van der Waals surface area contributed by atoms with Gasteiger partial charge in [-0.3, -0.25) is 9.59 Å². The summed E-state index contributed by atoms with van der Waals surface area (Å²) >= 11 is 0. The quantitative estimate of drug-likeness (QED) is 0.803. The molecule has 5 nitrogen and oxygen atoms in total. The lowest BCUT2D eigenvalue weighted by Gasteiger charge is -2.15. The fourth-order valence-electron chi connectivity index (χ4n) is 2.55. The van der Waals surface area contributed by atoms with Crippen molar-refractivity contribution in [2.75, 3.05) is 12.4 Å². The Morgan fingerprint density at radius 3 is 2.25 bits per heavy atom. The number of hydrogen-bond donors (Lipinski definition) is 2. The second kappa shape index (κ2) is 6.74. The van der Waals surface area contributed by atoms with Crippen molar-refractivity contribution in [2.24, 2.45) is 5.41 Å². The second-order valence-electron chi connectivity index (χ2n) is 5.93. The Morgan fingerprint density at radius 1 is 1.00 bits per heavy atom. The van der Waals surface area contributed by atoms with E-state index in [1.165, 1.54) is 0 Å². The van der Waals surface area contributed by atoms with Gasteiger partial charge in [0.05, 0.1) is 7.11 Å². The Labute approximate surface area is 141 Å². The molecule has 0 unspecified atom stereocenters. The molecular weight excluding hydrogens is 304 g/mol. The van der Waals surface area contributed by atoms with Gasteiger partial charge in [0.2, 0.25) is 11.8 Å². The van der Waals surface area contributed by atoms with E-state index in [9.17, 15) is 9.59 Å². The molecule has 5 heteroatoms. The van der Waals surface area contributed by atoms with Gasteiger partial charge in [0.25, 0.3) is 0 Å². The zero-order valence-electron chi connectivity index (χ0n) is 13.5. The summed E-state index contributed by atoms with van der Waals surface area (Å²) in [6.45, 7) is 0.428. The highest BCUT2D eigenvalue weighted by atomic mass is 16.5. The van der Waals surface area contributed by atoms with Crippen molar-refractivity contribution >= 4 is 17.5 Å². The first-order valence-electron chi connectivity index (χ1n) is 7.92. The summed E-state index contributed by atoms with van der Waals surface area (Å²) in [6.07, 6.45) is 1.16. The van der Waals surface area contributed by atoms with E-state index in [4.69, 9.17) is 4.74 Å². The van der Waals surface area contributed by atoms with E-state index in [0.717, 1.165) is 11.3 Å². The summed E-state index contributed by atoms with van der Waals surface area (Å²) in [7, 11) is 1.59. The molecule has 0 aliphatic heterocycles. The highest BCUT2D eigenvalue weighted by Gasteiger charge is 2.56. The minimum Gasteiger partial charge on any atom is -0.497 e. The standard InChI is InChI=1S/C19H20N2O3/c1-24-16-9-7-15(8-10-16)21-18(23)19(11-12-19)17(22)20-13-14-5-3-2-4-6-14/h2-10H,11-13H2,1H3,(H,20,22)(H,21,23). The Balaban J connectivity index is 1.59. The normalized spacial score (nSPS) is 14.5. The average Bonchev–Trinajstić information content (AvgIpc) is 3.43. The van der Waals surface area contributed by atoms with E-state index < -0.39 is 5.41 Å². The van der Waals surface area contributed by atoms with Crippen LogP contribution in [0.25, 0.3) is 0 Å². The highest BCUT2D eigenvalue weighted by Crippen LogP contribution is 2.46. The van der Waals surface area contributed by atoms with Gasteiger partial charge in [-0.1, -0.05) is 30.3 Å². The molecule has 1 saturated carbocycles. The Bertz CT molecular complexity index is 722. The Hall–Kier alpha value is -2.82. The van der Waals surface area contributed by atoms with Crippen LogP contribution in [0.4, 0.5) is 5.69 Å². The average molecular weight is 324 g/mol. The fraction of sp³-hybridized carbons (Fsp3) is 0.263. The van der Waals surface area contributed by atoms with Crippen molar-refractivity contribution in [1.82, 2.24) is 5.32 Å². The van der Waals surface area contributed by atoms with Gasteiger partial charge in [0.1, 0.15) is 11.2 Å². The minimum absolute atomic E-state index is 0.211. The number of carbonyl (C=O) groups is 2. The number of rotatable bonds is 6. The molecule has 0 aromatic heterocycles. The van der Waals surface area contributed by atoms with Crippen LogP contribution in [0.5, 0.6) is 5.75 Å². The van der Waals surface area contributed by atoms with Crippen LogP contribution in [-0.4, -0.2) is 18.9 Å². The summed E-state index contributed by atoms with van der Waals surface area (Å²) in [5.41, 5.74) is 0.731. The molecule has 0 spiro atoms. The molecule has 124 valence electrons. The lowest BCUT2D eigenvalue weighted by Crippen LogP contribution is -2.39. The summed E-state index contributed by atoms with van der Waals surface area (Å²) in [6, 6.07) is 16.7. The maximum atomic E-state index is 12.5. The third-order valence-electron chi connectivity index (χ3n) is 4.26. The summed E-state index contributed by atoms with van der Waals surface area (Å²) in [5.74, 6) is 0.255. The van der Waals surface area contributed by atoms with Crippen LogP contribution in [-0.2, 0) is 16.1 Å². The number of hydrogen-bond acceptors (Lipinski definition) is 3. The van der Waals surface area contributed by atoms with Gasteiger partial charge < -0.3 is 15.4 Å². The molecule has 0 atom stereocenters. The third kappa shape index (κ3) is 3.40. The summed E-state index contributed by atoms with van der Waals surface area (Å²) < 4.78 is 5.09. The molecule has 0 saturated heterocycles. The molecule has 0 heterocycles. The van der Waals surface area contributed by atoms with E-state index >= 15 is 0 Å². The van der Waals surface area contributed by atoms with Crippen LogP contribution in [0.3, 0.4) is 0 Å². The van der Waals surface area contributed by atoms with Crippen molar-refractivity contribution < 1.29 is 14.3 Å². The first-order chi connectivity index (χ1) is 11.6. The van der Waals surface area contributed by atoms with Gasteiger partial charge in [-0.15, -0.1) is 0 Å². The van der Waals surface area contributed by atoms with Gasteiger partial charge in [0, 0.05) is 12.2 Å². The number of methoxy groups -OCH3 is 1. The van der Waals surface area contributed by atoms with Gasteiger partial charge in [-0.25, -0.2) is 0 Å². The number of anilines is 1. The van der Waals surface area contributed by atoms with Crippen LogP contribution < -0.4 is 15.4 Å². The van der Waals surface area contributed by atoms with Crippen molar-refractivity contribution in [3.63, 3.8) is 0 Å². The molecule has 2 N–H and O–H groups in total.